The Morgan fingerprint density at radius 2 is 2.10 bits per heavy atom. The van der Waals surface area contributed by atoms with Crippen molar-refractivity contribution in [1.29, 1.82) is 0 Å². The topological polar surface area (TPSA) is 74.0 Å². The van der Waals surface area contributed by atoms with E-state index < -0.39 is 0 Å². The van der Waals surface area contributed by atoms with E-state index in [9.17, 15) is 4.79 Å². The molecule has 21 heavy (non-hydrogen) atoms. The van der Waals surface area contributed by atoms with Crippen LogP contribution in [0.1, 0.15) is 6.42 Å². The van der Waals surface area contributed by atoms with Crippen LogP contribution in [0, 0.1) is 0 Å². The Hall–Kier alpha value is -1.79. The number of anilines is 1. The summed E-state index contributed by atoms with van der Waals surface area (Å²) in [4.78, 5) is 13.8. The van der Waals surface area contributed by atoms with E-state index in [1.54, 1.807) is 18.2 Å². The van der Waals surface area contributed by atoms with E-state index >= 15 is 0 Å². The summed E-state index contributed by atoms with van der Waals surface area (Å²) in [5.41, 5.74) is 6.28. The van der Waals surface area contributed by atoms with Crippen molar-refractivity contribution in [2.45, 2.75) is 6.42 Å². The highest BCUT2D eigenvalue weighted by Crippen LogP contribution is 2.14. The van der Waals surface area contributed by atoms with Gasteiger partial charge in [0.1, 0.15) is 12.4 Å². The number of hydrogen-bond donors (Lipinski definition) is 1. The fraction of sp³-hybridized carbons (Fsp3) is 0.533. The van der Waals surface area contributed by atoms with Gasteiger partial charge in [-0.15, -0.1) is 0 Å². The predicted octanol–water partition coefficient (Wildman–Crippen LogP) is 0.913. The van der Waals surface area contributed by atoms with Crippen molar-refractivity contribution >= 4 is 11.7 Å². The van der Waals surface area contributed by atoms with Gasteiger partial charge < -0.3 is 19.9 Å². The number of carbonyl (C=O) groups is 1. The fourth-order valence-electron chi connectivity index (χ4n) is 2.04. The first-order chi connectivity index (χ1) is 10.2. The molecule has 0 amide bonds. The quantitative estimate of drug-likeness (QED) is 0.595. The van der Waals surface area contributed by atoms with Gasteiger partial charge in [0, 0.05) is 31.4 Å². The molecule has 2 N–H and O–H groups in total. The van der Waals surface area contributed by atoms with Crippen molar-refractivity contribution in [1.82, 2.24) is 4.90 Å². The molecular formula is C15H22N2O4. The molecule has 0 saturated carbocycles. The third-order valence-corrected chi connectivity index (χ3v) is 3.21. The highest BCUT2D eigenvalue weighted by Gasteiger charge is 2.11. The molecule has 1 fully saturated rings. The number of benzene rings is 1. The first kappa shape index (κ1) is 15.6. The lowest BCUT2D eigenvalue weighted by molar-refractivity contribution is -0.144. The monoisotopic (exact) mass is 294 g/mol. The van der Waals surface area contributed by atoms with E-state index in [-0.39, 0.29) is 12.4 Å². The molecule has 1 aromatic carbocycles. The van der Waals surface area contributed by atoms with E-state index in [0.29, 0.717) is 24.7 Å². The minimum atomic E-state index is -0.243. The minimum Gasteiger partial charge on any atom is -0.493 e. The average molecular weight is 294 g/mol. The molecular weight excluding hydrogens is 272 g/mol. The molecule has 0 unspecified atom stereocenters. The maximum absolute atomic E-state index is 11.6. The molecule has 1 aromatic rings. The Morgan fingerprint density at radius 3 is 2.86 bits per heavy atom. The summed E-state index contributed by atoms with van der Waals surface area (Å²) in [5, 5.41) is 0. The number of rotatable bonds is 7. The number of hydrogen-bond acceptors (Lipinski definition) is 6. The molecule has 6 nitrogen and oxygen atoms in total. The Balaban J connectivity index is 1.55. The molecule has 1 heterocycles. The molecule has 116 valence electrons. The van der Waals surface area contributed by atoms with Crippen LogP contribution in [-0.2, 0) is 14.3 Å². The number of nitrogens with zero attached hydrogens (tertiary/aromatic N) is 1. The van der Waals surface area contributed by atoms with Crippen LogP contribution in [0.4, 0.5) is 5.69 Å². The number of carbonyl (C=O) groups excluding carboxylic acids is 1. The standard InChI is InChI=1S/C15H22N2O4/c16-13-2-1-3-14(12-13)20-8-4-15(18)21-11-7-17-5-9-19-10-6-17/h1-3,12H,4-11,16H2. The average Bonchev–Trinajstić information content (AvgIpc) is 2.48. The molecule has 0 atom stereocenters. The third-order valence-electron chi connectivity index (χ3n) is 3.21. The van der Waals surface area contributed by atoms with Gasteiger partial charge in [-0.1, -0.05) is 6.07 Å². The van der Waals surface area contributed by atoms with Crippen LogP contribution in [-0.4, -0.2) is 56.9 Å². The summed E-state index contributed by atoms with van der Waals surface area (Å²) in [6.07, 6.45) is 0.234. The smallest absolute Gasteiger partial charge is 0.309 e. The van der Waals surface area contributed by atoms with Crippen molar-refractivity contribution in [3.63, 3.8) is 0 Å². The second-order valence-electron chi connectivity index (χ2n) is 4.85. The van der Waals surface area contributed by atoms with Gasteiger partial charge >= 0.3 is 5.97 Å². The summed E-state index contributed by atoms with van der Waals surface area (Å²) in [7, 11) is 0. The highest BCUT2D eigenvalue weighted by atomic mass is 16.5. The van der Waals surface area contributed by atoms with E-state index in [1.807, 2.05) is 6.07 Å². The summed E-state index contributed by atoms with van der Waals surface area (Å²) in [6, 6.07) is 7.13. The molecule has 1 saturated heterocycles. The number of esters is 1. The summed E-state index contributed by atoms with van der Waals surface area (Å²) >= 11 is 0. The van der Waals surface area contributed by atoms with Gasteiger partial charge in [0.05, 0.1) is 26.2 Å². The summed E-state index contributed by atoms with van der Waals surface area (Å²) < 4.78 is 15.9. The van der Waals surface area contributed by atoms with Crippen LogP contribution >= 0.6 is 0 Å². The number of nitrogen functional groups attached to an aromatic ring is 1. The first-order valence-corrected chi connectivity index (χ1v) is 7.18. The van der Waals surface area contributed by atoms with Gasteiger partial charge in [0.2, 0.25) is 0 Å². The minimum absolute atomic E-state index is 0.234. The Labute approximate surface area is 124 Å². The van der Waals surface area contributed by atoms with Crippen LogP contribution in [0.2, 0.25) is 0 Å². The maximum atomic E-state index is 11.6. The van der Waals surface area contributed by atoms with E-state index in [4.69, 9.17) is 19.9 Å². The van der Waals surface area contributed by atoms with E-state index in [0.717, 1.165) is 32.8 Å². The Bertz CT molecular complexity index is 447. The van der Waals surface area contributed by atoms with Gasteiger partial charge in [-0.05, 0) is 12.1 Å². The van der Waals surface area contributed by atoms with E-state index in [2.05, 4.69) is 4.90 Å². The van der Waals surface area contributed by atoms with Gasteiger partial charge in [-0.2, -0.15) is 0 Å². The number of ether oxygens (including phenoxy) is 3. The second kappa shape index (κ2) is 8.49. The van der Waals surface area contributed by atoms with Crippen LogP contribution in [0.25, 0.3) is 0 Å². The zero-order chi connectivity index (χ0) is 14.9. The number of nitrogens with two attached hydrogens (primary N) is 1. The molecule has 0 bridgehead atoms. The zero-order valence-electron chi connectivity index (χ0n) is 12.1. The predicted molar refractivity (Wildman–Crippen MR) is 79.2 cm³/mol. The van der Waals surface area contributed by atoms with Crippen molar-refractivity contribution in [3.05, 3.63) is 24.3 Å². The molecule has 0 aromatic heterocycles. The SMILES string of the molecule is Nc1cccc(OCCC(=O)OCCN2CCOCC2)c1. The molecule has 2 rings (SSSR count). The maximum Gasteiger partial charge on any atom is 0.309 e. The lowest BCUT2D eigenvalue weighted by atomic mass is 10.3. The molecule has 0 radical (unpaired) electrons. The van der Waals surface area contributed by atoms with E-state index in [1.165, 1.54) is 0 Å². The van der Waals surface area contributed by atoms with Crippen LogP contribution in [0.15, 0.2) is 24.3 Å². The van der Waals surface area contributed by atoms with Crippen molar-refractivity contribution in [2.24, 2.45) is 0 Å². The molecule has 0 spiro atoms. The molecule has 1 aliphatic rings. The lowest BCUT2D eigenvalue weighted by Crippen LogP contribution is -2.38. The summed E-state index contributed by atoms with van der Waals surface area (Å²) in [5.74, 6) is 0.420. The van der Waals surface area contributed by atoms with Crippen molar-refractivity contribution in [2.75, 3.05) is 51.8 Å². The van der Waals surface area contributed by atoms with Gasteiger partial charge in [0.15, 0.2) is 0 Å². The Kier molecular flexibility index (Phi) is 6.30. The number of morpholine rings is 1. The second-order valence-corrected chi connectivity index (χ2v) is 4.85. The molecule has 6 heteroatoms. The summed E-state index contributed by atoms with van der Waals surface area (Å²) in [6.45, 7) is 4.76. The van der Waals surface area contributed by atoms with Crippen LogP contribution in [0.3, 0.4) is 0 Å². The fourth-order valence-corrected chi connectivity index (χ4v) is 2.04. The molecule has 1 aliphatic heterocycles. The van der Waals surface area contributed by atoms with Crippen molar-refractivity contribution < 1.29 is 19.0 Å². The van der Waals surface area contributed by atoms with Crippen molar-refractivity contribution in [3.8, 4) is 5.75 Å². The molecule has 0 aliphatic carbocycles. The zero-order valence-corrected chi connectivity index (χ0v) is 12.1. The van der Waals surface area contributed by atoms with Crippen LogP contribution in [0.5, 0.6) is 5.75 Å². The lowest BCUT2D eigenvalue weighted by Gasteiger charge is -2.26. The van der Waals surface area contributed by atoms with Gasteiger partial charge in [-0.3, -0.25) is 9.69 Å². The van der Waals surface area contributed by atoms with Gasteiger partial charge in [0.25, 0.3) is 0 Å². The highest BCUT2D eigenvalue weighted by molar-refractivity contribution is 5.69. The third kappa shape index (κ3) is 6.01. The first-order valence-electron chi connectivity index (χ1n) is 7.18. The van der Waals surface area contributed by atoms with Gasteiger partial charge in [-0.25, -0.2) is 0 Å². The Morgan fingerprint density at radius 1 is 1.29 bits per heavy atom. The van der Waals surface area contributed by atoms with Crippen LogP contribution < -0.4 is 10.5 Å². The normalized spacial score (nSPS) is 15.6. The largest absolute Gasteiger partial charge is 0.493 e.